The van der Waals surface area contributed by atoms with Crippen molar-refractivity contribution >= 4 is 22.4 Å². The van der Waals surface area contributed by atoms with Crippen molar-refractivity contribution in [1.29, 1.82) is 0 Å². The monoisotopic (exact) mass is 529 g/mol. The number of ether oxygens (including phenoxy) is 1. The molecule has 2 aliphatic heterocycles. The Kier molecular flexibility index (Phi) is 7.17. The molecule has 1 amide bonds. The number of fused-ring (bicyclic) bond motifs is 2. The number of aryl methyl sites for hydroxylation is 2. The van der Waals surface area contributed by atoms with Gasteiger partial charge in [-0.3, -0.25) is 4.79 Å². The number of rotatable bonds is 6. The Morgan fingerprint density at radius 2 is 1.79 bits per heavy atom. The minimum absolute atomic E-state index is 0.150. The Hall–Kier alpha value is -2.86. The second-order valence-corrected chi connectivity index (χ2v) is 12.5. The van der Waals surface area contributed by atoms with E-state index in [4.69, 9.17) is 9.72 Å². The summed E-state index contributed by atoms with van der Waals surface area (Å²) in [5.74, 6) is 3.47. The van der Waals surface area contributed by atoms with Crippen LogP contribution >= 0.6 is 11.3 Å². The lowest BCUT2D eigenvalue weighted by Gasteiger charge is -2.36. The molecule has 5 nitrogen and oxygen atoms in total. The van der Waals surface area contributed by atoms with Crippen LogP contribution in [0.15, 0.2) is 41.8 Å². The average molecular weight is 530 g/mol. The van der Waals surface area contributed by atoms with Crippen molar-refractivity contribution in [2.45, 2.75) is 59.5 Å². The summed E-state index contributed by atoms with van der Waals surface area (Å²) in [4.78, 5) is 22.5. The van der Waals surface area contributed by atoms with Crippen molar-refractivity contribution in [3.05, 3.63) is 64.0 Å². The van der Waals surface area contributed by atoms with Gasteiger partial charge in [0.25, 0.3) is 5.91 Å². The molecular weight excluding hydrogens is 490 g/mol. The maximum absolute atomic E-state index is 12.9. The van der Waals surface area contributed by atoms with Crippen LogP contribution < -0.4 is 9.64 Å². The molecule has 6 heteroatoms. The van der Waals surface area contributed by atoms with Gasteiger partial charge in [0.05, 0.1) is 5.69 Å². The molecule has 2 unspecified atom stereocenters. The third-order valence-electron chi connectivity index (χ3n) is 9.09. The van der Waals surface area contributed by atoms with E-state index in [0.717, 1.165) is 95.6 Å². The third kappa shape index (κ3) is 5.07. The van der Waals surface area contributed by atoms with Crippen molar-refractivity contribution in [2.24, 2.45) is 17.8 Å². The number of hydrogen-bond acceptors (Lipinski definition) is 5. The van der Waals surface area contributed by atoms with Crippen LogP contribution in [0.5, 0.6) is 5.75 Å². The van der Waals surface area contributed by atoms with E-state index in [9.17, 15) is 4.79 Å². The molecule has 2 bridgehead atoms. The number of carbonyl (C=O) groups excluding carboxylic acids is 1. The number of benzene rings is 2. The number of piperidine rings is 2. The number of likely N-dealkylation sites (tertiary alicyclic amines) is 1. The molecule has 6 rings (SSSR count). The molecule has 1 aliphatic carbocycles. The van der Waals surface area contributed by atoms with Crippen molar-refractivity contribution in [1.82, 2.24) is 9.88 Å². The normalized spacial score (nSPS) is 23.1. The Balaban J connectivity index is 1.17. The fourth-order valence-corrected chi connectivity index (χ4v) is 7.43. The van der Waals surface area contributed by atoms with Gasteiger partial charge >= 0.3 is 0 Å². The standard InChI is InChI=1S/C32H39N3O2S/c1-21-7-12-30(37-19-27-11-8-24(16-22(27)2)31(36)34-13-5-4-6-14-34)28(15-21)29-20-38-32(33-29)35-17-25-9-10-26(18-35)23(25)3/h7-8,11-12,15-16,20,23,25-26H,4-6,9-10,13-14,17-19H2,1-3H3. The predicted octanol–water partition coefficient (Wildman–Crippen LogP) is 7.11. The molecule has 3 aliphatic rings. The topological polar surface area (TPSA) is 45.7 Å². The molecule has 2 saturated heterocycles. The van der Waals surface area contributed by atoms with Gasteiger partial charge in [-0.2, -0.15) is 0 Å². The predicted molar refractivity (Wildman–Crippen MR) is 155 cm³/mol. The first-order chi connectivity index (χ1) is 18.5. The zero-order valence-electron chi connectivity index (χ0n) is 22.9. The molecule has 0 radical (unpaired) electrons. The van der Waals surface area contributed by atoms with Crippen molar-refractivity contribution in [3.8, 4) is 17.0 Å². The summed E-state index contributed by atoms with van der Waals surface area (Å²) >= 11 is 1.75. The number of hydrogen-bond donors (Lipinski definition) is 0. The molecule has 2 aromatic carbocycles. The van der Waals surface area contributed by atoms with Crippen molar-refractivity contribution in [3.63, 3.8) is 0 Å². The van der Waals surface area contributed by atoms with Crippen LogP contribution in [0.1, 0.15) is 66.1 Å². The lowest BCUT2D eigenvalue weighted by molar-refractivity contribution is 0.0724. The SMILES string of the molecule is Cc1ccc(OCc2ccc(C(=O)N3CCCCC3)cc2C)c(-c2csc(N3CC4CCC(C3)C4C)n2)c1. The third-order valence-corrected chi connectivity index (χ3v) is 10.00. The zero-order chi connectivity index (χ0) is 26.2. The van der Waals surface area contributed by atoms with Gasteiger partial charge in [-0.05, 0) is 99.1 Å². The molecule has 3 heterocycles. The van der Waals surface area contributed by atoms with Gasteiger partial charge in [-0.15, -0.1) is 11.3 Å². The summed E-state index contributed by atoms with van der Waals surface area (Å²) < 4.78 is 6.40. The first-order valence-corrected chi connectivity index (χ1v) is 15.2. The quantitative estimate of drug-likeness (QED) is 0.341. The first-order valence-electron chi connectivity index (χ1n) is 14.3. The van der Waals surface area contributed by atoms with E-state index in [0.29, 0.717) is 6.61 Å². The molecule has 3 aromatic rings. The molecule has 1 aromatic heterocycles. The van der Waals surface area contributed by atoms with Crippen LogP contribution in [0, 0.1) is 31.6 Å². The fourth-order valence-electron chi connectivity index (χ4n) is 6.58. The molecule has 0 N–H and O–H groups in total. The van der Waals surface area contributed by atoms with E-state index >= 15 is 0 Å². The summed E-state index contributed by atoms with van der Waals surface area (Å²) in [6, 6.07) is 12.4. The Bertz CT molecular complexity index is 1300. The molecule has 200 valence electrons. The largest absolute Gasteiger partial charge is 0.488 e. The van der Waals surface area contributed by atoms with E-state index in [1.54, 1.807) is 11.3 Å². The maximum Gasteiger partial charge on any atom is 0.253 e. The summed E-state index contributed by atoms with van der Waals surface area (Å²) in [7, 11) is 0. The van der Waals surface area contributed by atoms with Gasteiger partial charge in [0.1, 0.15) is 12.4 Å². The van der Waals surface area contributed by atoms with E-state index < -0.39 is 0 Å². The van der Waals surface area contributed by atoms with Crippen molar-refractivity contribution in [2.75, 3.05) is 31.1 Å². The molecule has 38 heavy (non-hydrogen) atoms. The van der Waals surface area contributed by atoms with Crippen LogP contribution in [-0.4, -0.2) is 42.0 Å². The first kappa shape index (κ1) is 25.4. The van der Waals surface area contributed by atoms with Crippen LogP contribution in [0.3, 0.4) is 0 Å². The molecule has 1 saturated carbocycles. The van der Waals surface area contributed by atoms with Crippen LogP contribution in [-0.2, 0) is 6.61 Å². The number of anilines is 1. The van der Waals surface area contributed by atoms with Crippen LogP contribution in [0.4, 0.5) is 5.13 Å². The van der Waals surface area contributed by atoms with Crippen LogP contribution in [0.2, 0.25) is 0 Å². The highest BCUT2D eigenvalue weighted by Crippen LogP contribution is 2.44. The summed E-state index contributed by atoms with van der Waals surface area (Å²) in [6.45, 7) is 11.1. The van der Waals surface area contributed by atoms with E-state index in [1.165, 1.54) is 24.8 Å². The molecular formula is C32H39N3O2S. The van der Waals surface area contributed by atoms with Gasteiger partial charge in [-0.25, -0.2) is 4.98 Å². The lowest BCUT2D eigenvalue weighted by Crippen LogP contribution is -2.40. The highest BCUT2D eigenvalue weighted by Gasteiger charge is 2.39. The van der Waals surface area contributed by atoms with E-state index in [2.05, 4.69) is 49.3 Å². The molecule has 3 fully saturated rings. The summed E-state index contributed by atoms with van der Waals surface area (Å²) in [5.41, 5.74) is 6.21. The maximum atomic E-state index is 12.9. The number of aromatic nitrogens is 1. The number of amides is 1. The highest BCUT2D eigenvalue weighted by molar-refractivity contribution is 7.14. The minimum Gasteiger partial charge on any atom is -0.488 e. The summed E-state index contributed by atoms with van der Waals surface area (Å²) in [5, 5.41) is 3.32. The van der Waals surface area contributed by atoms with Gasteiger partial charge < -0.3 is 14.5 Å². The van der Waals surface area contributed by atoms with Gasteiger partial charge in [0.15, 0.2) is 5.13 Å². The zero-order valence-corrected chi connectivity index (χ0v) is 23.7. The van der Waals surface area contributed by atoms with E-state index in [1.807, 2.05) is 23.1 Å². The fraction of sp³-hybridized carbons (Fsp3) is 0.500. The minimum atomic E-state index is 0.150. The summed E-state index contributed by atoms with van der Waals surface area (Å²) in [6.07, 6.45) is 6.16. The number of nitrogens with zero attached hydrogens (tertiary/aromatic N) is 3. The Morgan fingerprint density at radius 3 is 2.53 bits per heavy atom. The van der Waals surface area contributed by atoms with Gasteiger partial charge in [0, 0.05) is 42.7 Å². The van der Waals surface area contributed by atoms with Crippen molar-refractivity contribution < 1.29 is 9.53 Å². The number of carbonyl (C=O) groups is 1. The lowest BCUT2D eigenvalue weighted by atomic mass is 9.87. The molecule has 2 atom stereocenters. The van der Waals surface area contributed by atoms with Gasteiger partial charge in [-0.1, -0.05) is 24.6 Å². The Morgan fingerprint density at radius 1 is 1.03 bits per heavy atom. The second kappa shape index (κ2) is 10.7. The average Bonchev–Trinajstić information content (AvgIpc) is 3.49. The Labute approximate surface area is 230 Å². The molecule has 0 spiro atoms. The van der Waals surface area contributed by atoms with E-state index in [-0.39, 0.29) is 5.91 Å². The van der Waals surface area contributed by atoms with Crippen LogP contribution in [0.25, 0.3) is 11.3 Å². The second-order valence-electron chi connectivity index (χ2n) is 11.7. The number of thiazole rings is 1. The highest BCUT2D eigenvalue weighted by atomic mass is 32.1. The smallest absolute Gasteiger partial charge is 0.253 e. The van der Waals surface area contributed by atoms with Gasteiger partial charge in [0.2, 0.25) is 0 Å².